The quantitative estimate of drug-likeness (QED) is 0.794. The molecule has 1 aromatic carbocycles. The Kier molecular flexibility index (Phi) is 3.73. The van der Waals surface area contributed by atoms with Gasteiger partial charge >= 0.3 is 5.97 Å². The first-order valence-electron chi connectivity index (χ1n) is 7.16. The van der Waals surface area contributed by atoms with Crippen LogP contribution in [0.15, 0.2) is 30.5 Å². The number of aromatic nitrogens is 2. The van der Waals surface area contributed by atoms with E-state index in [2.05, 4.69) is 5.10 Å². The highest BCUT2D eigenvalue weighted by Gasteiger charge is 2.32. The van der Waals surface area contributed by atoms with Crippen molar-refractivity contribution in [1.29, 1.82) is 0 Å². The van der Waals surface area contributed by atoms with Crippen molar-refractivity contribution in [2.45, 2.75) is 32.2 Å². The van der Waals surface area contributed by atoms with Crippen molar-refractivity contribution in [1.82, 2.24) is 9.78 Å². The van der Waals surface area contributed by atoms with Crippen LogP contribution < -0.4 is 0 Å². The number of benzene rings is 1. The lowest BCUT2D eigenvalue weighted by Crippen LogP contribution is -2.10. The van der Waals surface area contributed by atoms with Crippen LogP contribution in [0.4, 0.5) is 4.39 Å². The van der Waals surface area contributed by atoms with Crippen LogP contribution in [0.1, 0.15) is 47.3 Å². The van der Waals surface area contributed by atoms with Gasteiger partial charge in [-0.2, -0.15) is 5.10 Å². The van der Waals surface area contributed by atoms with Crippen LogP contribution in [0, 0.1) is 5.82 Å². The number of carbonyl (C=O) groups excluding carboxylic acids is 1. The zero-order chi connectivity index (χ0) is 14.8. The summed E-state index contributed by atoms with van der Waals surface area (Å²) in [5.41, 5.74) is 2.28. The minimum atomic E-state index is -0.329. The Morgan fingerprint density at radius 2 is 2.29 bits per heavy atom. The van der Waals surface area contributed by atoms with Gasteiger partial charge in [-0.1, -0.05) is 12.1 Å². The zero-order valence-electron chi connectivity index (χ0n) is 11.9. The molecule has 1 fully saturated rings. The first kappa shape index (κ1) is 13.8. The van der Waals surface area contributed by atoms with E-state index in [0.29, 0.717) is 24.6 Å². The van der Waals surface area contributed by atoms with E-state index in [1.54, 1.807) is 23.9 Å². The van der Waals surface area contributed by atoms with Gasteiger partial charge in [0.25, 0.3) is 0 Å². The zero-order valence-corrected chi connectivity index (χ0v) is 11.9. The Morgan fingerprint density at radius 3 is 2.95 bits per heavy atom. The van der Waals surface area contributed by atoms with E-state index < -0.39 is 0 Å². The fourth-order valence-corrected chi connectivity index (χ4v) is 2.48. The first-order chi connectivity index (χ1) is 10.2. The average molecular weight is 288 g/mol. The molecule has 2 aromatic rings. The summed E-state index contributed by atoms with van der Waals surface area (Å²) in [6.45, 7) is 2.59. The third-order valence-corrected chi connectivity index (χ3v) is 3.56. The van der Waals surface area contributed by atoms with Gasteiger partial charge in [-0.05, 0) is 37.5 Å². The van der Waals surface area contributed by atoms with Gasteiger partial charge in [-0.3, -0.25) is 4.68 Å². The highest BCUT2D eigenvalue weighted by molar-refractivity contribution is 5.90. The number of esters is 1. The smallest absolute Gasteiger partial charge is 0.341 e. The molecule has 0 amide bonds. The fraction of sp³-hybridized carbons (Fsp3) is 0.375. The molecule has 1 aromatic heterocycles. The third-order valence-electron chi connectivity index (χ3n) is 3.56. The summed E-state index contributed by atoms with van der Waals surface area (Å²) in [4.78, 5) is 12.0. The molecular weight excluding hydrogens is 271 g/mol. The van der Waals surface area contributed by atoms with Crippen molar-refractivity contribution in [2.24, 2.45) is 0 Å². The standard InChI is InChI=1S/C16H17FN2O2/c1-2-21-16(20)14-9-18-19(15(14)12-6-7-12)10-11-4-3-5-13(17)8-11/h3-5,8-9,12H,2,6-7,10H2,1H3. The summed E-state index contributed by atoms with van der Waals surface area (Å²) in [5, 5.41) is 4.30. The van der Waals surface area contributed by atoms with E-state index >= 15 is 0 Å². The average Bonchev–Trinajstić information content (AvgIpc) is 3.20. The lowest BCUT2D eigenvalue weighted by Gasteiger charge is -2.09. The molecule has 1 aliphatic carbocycles. The fourth-order valence-electron chi connectivity index (χ4n) is 2.48. The van der Waals surface area contributed by atoms with Crippen molar-refractivity contribution in [3.63, 3.8) is 0 Å². The Morgan fingerprint density at radius 1 is 1.48 bits per heavy atom. The van der Waals surface area contributed by atoms with E-state index in [9.17, 15) is 9.18 Å². The lowest BCUT2D eigenvalue weighted by atomic mass is 10.1. The number of nitrogens with zero attached hydrogens (tertiary/aromatic N) is 2. The van der Waals surface area contributed by atoms with Crippen molar-refractivity contribution in [3.05, 3.63) is 53.1 Å². The Hall–Kier alpha value is -2.17. The normalized spacial score (nSPS) is 14.2. The Bertz CT molecular complexity index is 662. The molecule has 0 N–H and O–H groups in total. The molecular formula is C16H17FN2O2. The number of carbonyl (C=O) groups is 1. The van der Waals surface area contributed by atoms with Crippen LogP contribution in [0.3, 0.4) is 0 Å². The summed E-state index contributed by atoms with van der Waals surface area (Å²) in [6, 6.07) is 6.43. The van der Waals surface area contributed by atoms with E-state index in [1.807, 2.05) is 6.07 Å². The lowest BCUT2D eigenvalue weighted by molar-refractivity contribution is 0.0525. The van der Waals surface area contributed by atoms with Gasteiger partial charge in [0.2, 0.25) is 0 Å². The number of halogens is 1. The minimum absolute atomic E-state index is 0.266. The number of ether oxygens (including phenoxy) is 1. The van der Waals surface area contributed by atoms with Crippen LogP contribution in [-0.2, 0) is 11.3 Å². The molecule has 1 aliphatic rings. The predicted octanol–water partition coefficient (Wildman–Crippen LogP) is 3.12. The molecule has 1 saturated carbocycles. The van der Waals surface area contributed by atoms with Gasteiger partial charge in [0.15, 0.2) is 0 Å². The second-order valence-electron chi connectivity index (χ2n) is 5.23. The van der Waals surface area contributed by atoms with Crippen molar-refractivity contribution >= 4 is 5.97 Å². The summed E-state index contributed by atoms with van der Waals surface area (Å²) in [7, 11) is 0. The molecule has 0 atom stereocenters. The van der Waals surface area contributed by atoms with E-state index in [0.717, 1.165) is 24.1 Å². The molecule has 21 heavy (non-hydrogen) atoms. The van der Waals surface area contributed by atoms with Crippen molar-refractivity contribution in [3.8, 4) is 0 Å². The highest BCUT2D eigenvalue weighted by atomic mass is 19.1. The maximum Gasteiger partial charge on any atom is 0.341 e. The first-order valence-corrected chi connectivity index (χ1v) is 7.16. The molecule has 0 radical (unpaired) electrons. The number of rotatable bonds is 5. The largest absolute Gasteiger partial charge is 0.462 e. The molecule has 3 rings (SSSR count). The monoisotopic (exact) mass is 288 g/mol. The third kappa shape index (κ3) is 2.96. The van der Waals surface area contributed by atoms with Gasteiger partial charge in [0.1, 0.15) is 11.4 Å². The molecule has 110 valence electrons. The van der Waals surface area contributed by atoms with Crippen LogP contribution >= 0.6 is 0 Å². The topological polar surface area (TPSA) is 44.1 Å². The van der Waals surface area contributed by atoms with E-state index in [4.69, 9.17) is 4.74 Å². The van der Waals surface area contributed by atoms with Gasteiger partial charge in [-0.15, -0.1) is 0 Å². The van der Waals surface area contributed by atoms with E-state index in [1.165, 1.54) is 12.1 Å². The van der Waals surface area contributed by atoms with Gasteiger partial charge < -0.3 is 4.74 Å². The van der Waals surface area contributed by atoms with Crippen LogP contribution in [-0.4, -0.2) is 22.4 Å². The van der Waals surface area contributed by atoms with Crippen LogP contribution in [0.25, 0.3) is 0 Å². The second-order valence-corrected chi connectivity index (χ2v) is 5.23. The molecule has 0 aliphatic heterocycles. The molecule has 1 heterocycles. The number of hydrogen-bond donors (Lipinski definition) is 0. The SMILES string of the molecule is CCOC(=O)c1cnn(Cc2cccc(F)c2)c1C1CC1. The Labute approximate surface area is 122 Å². The summed E-state index contributed by atoms with van der Waals surface area (Å²) in [5.74, 6) is -0.233. The van der Waals surface area contributed by atoms with Gasteiger partial charge in [0, 0.05) is 5.92 Å². The highest BCUT2D eigenvalue weighted by Crippen LogP contribution is 2.42. The maximum absolute atomic E-state index is 13.3. The van der Waals surface area contributed by atoms with Crippen LogP contribution in [0.2, 0.25) is 0 Å². The molecule has 0 saturated heterocycles. The predicted molar refractivity (Wildman–Crippen MR) is 75.7 cm³/mol. The Balaban J connectivity index is 1.90. The summed E-state index contributed by atoms with van der Waals surface area (Å²) < 4.78 is 20.1. The summed E-state index contributed by atoms with van der Waals surface area (Å²) >= 11 is 0. The number of hydrogen-bond acceptors (Lipinski definition) is 3. The molecule has 4 nitrogen and oxygen atoms in total. The molecule has 5 heteroatoms. The van der Waals surface area contributed by atoms with Crippen molar-refractivity contribution < 1.29 is 13.9 Å². The molecule has 0 unspecified atom stereocenters. The van der Waals surface area contributed by atoms with Crippen molar-refractivity contribution in [2.75, 3.05) is 6.61 Å². The van der Waals surface area contributed by atoms with Gasteiger partial charge in [-0.25, -0.2) is 9.18 Å². The second kappa shape index (κ2) is 5.68. The summed E-state index contributed by atoms with van der Waals surface area (Å²) in [6.07, 6.45) is 3.67. The molecule has 0 spiro atoms. The van der Waals surface area contributed by atoms with Crippen LogP contribution in [0.5, 0.6) is 0 Å². The minimum Gasteiger partial charge on any atom is -0.462 e. The van der Waals surface area contributed by atoms with Gasteiger partial charge in [0.05, 0.1) is 25.0 Å². The van der Waals surface area contributed by atoms with E-state index in [-0.39, 0.29) is 11.8 Å². The molecule has 0 bridgehead atoms. The maximum atomic E-state index is 13.3.